The summed E-state index contributed by atoms with van der Waals surface area (Å²) in [6, 6.07) is 19.3. The summed E-state index contributed by atoms with van der Waals surface area (Å²) in [4.78, 5) is 13.3. The highest BCUT2D eigenvalue weighted by atomic mass is 32.2. The van der Waals surface area contributed by atoms with Crippen molar-refractivity contribution in [1.82, 2.24) is 4.31 Å². The van der Waals surface area contributed by atoms with E-state index in [0.29, 0.717) is 27.9 Å². The maximum absolute atomic E-state index is 13.2. The Morgan fingerprint density at radius 1 is 0.968 bits per heavy atom. The van der Waals surface area contributed by atoms with E-state index in [0.717, 1.165) is 15.4 Å². The minimum Gasteiger partial charge on any atom is -0.322 e. The molecule has 0 aliphatic carbocycles. The highest BCUT2D eigenvalue weighted by Gasteiger charge is 2.21. The van der Waals surface area contributed by atoms with Crippen molar-refractivity contribution in [1.29, 1.82) is 5.26 Å². The van der Waals surface area contributed by atoms with Crippen molar-refractivity contribution in [2.24, 2.45) is 0 Å². The van der Waals surface area contributed by atoms with E-state index in [2.05, 4.69) is 11.4 Å². The van der Waals surface area contributed by atoms with Crippen LogP contribution in [0, 0.1) is 25.2 Å². The molecule has 3 rings (SSSR count). The third-order valence-corrected chi connectivity index (χ3v) is 6.97. The van der Waals surface area contributed by atoms with Crippen LogP contribution in [0.4, 0.5) is 5.69 Å². The molecule has 0 unspecified atom stereocenters. The maximum atomic E-state index is 13.2. The second-order valence-electron chi connectivity index (χ2n) is 7.36. The zero-order valence-corrected chi connectivity index (χ0v) is 18.6. The Balaban J connectivity index is 2.07. The molecule has 7 heteroatoms. The van der Waals surface area contributed by atoms with Crippen LogP contribution in [-0.4, -0.2) is 32.7 Å². The first-order valence-corrected chi connectivity index (χ1v) is 11.0. The van der Waals surface area contributed by atoms with E-state index in [1.54, 1.807) is 55.5 Å². The Morgan fingerprint density at radius 3 is 2.23 bits per heavy atom. The standard InChI is InChI=1S/C24H23N3O3S/c1-16-13-19(31(29,30)27(3)4)14-23(17(16)2)26-24(28)22-12-8-7-11-21(22)20-10-6-5-9-18(20)15-25/h5-14H,1-4H3,(H,26,28). The summed E-state index contributed by atoms with van der Waals surface area (Å²) in [5.41, 5.74) is 4.10. The van der Waals surface area contributed by atoms with E-state index in [1.165, 1.54) is 20.2 Å². The van der Waals surface area contributed by atoms with Gasteiger partial charge in [0.2, 0.25) is 10.0 Å². The Labute approximate surface area is 182 Å². The van der Waals surface area contributed by atoms with Crippen molar-refractivity contribution >= 4 is 21.6 Å². The van der Waals surface area contributed by atoms with E-state index in [4.69, 9.17) is 0 Å². The zero-order chi connectivity index (χ0) is 22.8. The molecule has 0 aliphatic heterocycles. The highest BCUT2D eigenvalue weighted by molar-refractivity contribution is 7.89. The molecule has 158 valence electrons. The Kier molecular flexibility index (Phi) is 6.25. The minimum atomic E-state index is -3.65. The van der Waals surface area contributed by atoms with Crippen molar-refractivity contribution in [3.63, 3.8) is 0 Å². The molecule has 31 heavy (non-hydrogen) atoms. The molecule has 0 saturated heterocycles. The summed E-state index contributed by atoms with van der Waals surface area (Å²) >= 11 is 0. The van der Waals surface area contributed by atoms with E-state index < -0.39 is 10.0 Å². The first-order valence-electron chi connectivity index (χ1n) is 9.60. The predicted molar refractivity (Wildman–Crippen MR) is 121 cm³/mol. The predicted octanol–water partition coefficient (Wildman–Crippen LogP) is 4.34. The number of aryl methyl sites for hydroxylation is 1. The maximum Gasteiger partial charge on any atom is 0.256 e. The van der Waals surface area contributed by atoms with Crippen LogP contribution >= 0.6 is 0 Å². The molecule has 0 heterocycles. The molecule has 3 aromatic carbocycles. The summed E-state index contributed by atoms with van der Waals surface area (Å²) < 4.78 is 26.3. The molecule has 0 radical (unpaired) electrons. The molecule has 0 fully saturated rings. The highest BCUT2D eigenvalue weighted by Crippen LogP contribution is 2.29. The number of nitrogens with zero attached hydrogens (tertiary/aromatic N) is 2. The van der Waals surface area contributed by atoms with Gasteiger partial charge in [0.25, 0.3) is 5.91 Å². The third kappa shape index (κ3) is 4.36. The van der Waals surface area contributed by atoms with Gasteiger partial charge in [0.05, 0.1) is 16.5 Å². The number of anilines is 1. The van der Waals surface area contributed by atoms with Gasteiger partial charge in [0.15, 0.2) is 0 Å². The molecule has 3 aromatic rings. The number of benzene rings is 3. The number of carbonyl (C=O) groups excluding carboxylic acids is 1. The monoisotopic (exact) mass is 433 g/mol. The molecule has 0 spiro atoms. The topological polar surface area (TPSA) is 90.3 Å². The summed E-state index contributed by atoms with van der Waals surface area (Å²) in [6.07, 6.45) is 0. The van der Waals surface area contributed by atoms with E-state index >= 15 is 0 Å². The van der Waals surface area contributed by atoms with Gasteiger partial charge in [-0.25, -0.2) is 12.7 Å². The number of nitriles is 1. The number of hydrogen-bond donors (Lipinski definition) is 1. The number of hydrogen-bond acceptors (Lipinski definition) is 4. The first-order chi connectivity index (χ1) is 14.7. The Morgan fingerprint density at radius 2 is 1.58 bits per heavy atom. The number of rotatable bonds is 5. The number of carbonyl (C=O) groups is 1. The van der Waals surface area contributed by atoms with E-state index in [9.17, 15) is 18.5 Å². The molecule has 1 N–H and O–H groups in total. The number of amides is 1. The van der Waals surface area contributed by atoms with Gasteiger partial charge >= 0.3 is 0 Å². The van der Waals surface area contributed by atoms with Gasteiger partial charge in [-0.15, -0.1) is 0 Å². The van der Waals surface area contributed by atoms with Gasteiger partial charge in [-0.2, -0.15) is 5.26 Å². The Bertz CT molecular complexity index is 1310. The summed E-state index contributed by atoms with van der Waals surface area (Å²) in [5, 5.41) is 12.3. The fourth-order valence-corrected chi connectivity index (χ4v) is 4.25. The van der Waals surface area contributed by atoms with Crippen molar-refractivity contribution in [3.05, 3.63) is 82.9 Å². The van der Waals surface area contributed by atoms with Gasteiger partial charge < -0.3 is 5.32 Å². The lowest BCUT2D eigenvalue weighted by molar-refractivity contribution is 0.102. The molecule has 0 aromatic heterocycles. The van der Waals surface area contributed by atoms with Crippen LogP contribution in [0.25, 0.3) is 11.1 Å². The molecule has 0 aliphatic rings. The second-order valence-corrected chi connectivity index (χ2v) is 9.51. The molecule has 0 bridgehead atoms. The van der Waals surface area contributed by atoms with Crippen molar-refractivity contribution in [3.8, 4) is 17.2 Å². The Hall–Kier alpha value is -3.47. The lowest BCUT2D eigenvalue weighted by Gasteiger charge is -2.17. The van der Waals surface area contributed by atoms with Crippen LogP contribution < -0.4 is 5.32 Å². The summed E-state index contributed by atoms with van der Waals surface area (Å²) in [6.45, 7) is 3.63. The van der Waals surface area contributed by atoms with Gasteiger partial charge in [-0.3, -0.25) is 4.79 Å². The van der Waals surface area contributed by atoms with Crippen LogP contribution in [0.5, 0.6) is 0 Å². The van der Waals surface area contributed by atoms with Crippen LogP contribution in [0.1, 0.15) is 27.0 Å². The van der Waals surface area contributed by atoms with E-state index in [-0.39, 0.29) is 10.8 Å². The van der Waals surface area contributed by atoms with Crippen LogP contribution in [0.3, 0.4) is 0 Å². The summed E-state index contributed by atoms with van der Waals surface area (Å²) in [7, 11) is -0.725. The van der Waals surface area contributed by atoms with Crippen molar-refractivity contribution in [2.45, 2.75) is 18.7 Å². The zero-order valence-electron chi connectivity index (χ0n) is 17.8. The lowest BCUT2D eigenvalue weighted by atomic mass is 9.95. The fraction of sp³-hybridized carbons (Fsp3) is 0.167. The average molecular weight is 434 g/mol. The molecule has 1 amide bonds. The van der Waals surface area contributed by atoms with Crippen LogP contribution in [0.15, 0.2) is 65.6 Å². The molecule has 6 nitrogen and oxygen atoms in total. The first kappa shape index (κ1) is 22.2. The fourth-order valence-electron chi connectivity index (χ4n) is 3.24. The van der Waals surface area contributed by atoms with Gasteiger partial charge in [-0.05, 0) is 54.8 Å². The van der Waals surface area contributed by atoms with Crippen LogP contribution in [0.2, 0.25) is 0 Å². The van der Waals surface area contributed by atoms with Gasteiger partial charge in [0, 0.05) is 30.9 Å². The molecular weight excluding hydrogens is 410 g/mol. The minimum absolute atomic E-state index is 0.110. The molecular formula is C24H23N3O3S. The number of sulfonamides is 1. The van der Waals surface area contributed by atoms with Crippen LogP contribution in [-0.2, 0) is 10.0 Å². The summed E-state index contributed by atoms with van der Waals surface area (Å²) in [5.74, 6) is -0.384. The lowest BCUT2D eigenvalue weighted by Crippen LogP contribution is -2.23. The number of nitrogens with one attached hydrogen (secondary N) is 1. The molecule has 0 saturated carbocycles. The third-order valence-electron chi connectivity index (χ3n) is 5.18. The average Bonchev–Trinajstić information content (AvgIpc) is 2.76. The van der Waals surface area contributed by atoms with Gasteiger partial charge in [0.1, 0.15) is 0 Å². The normalized spacial score (nSPS) is 11.2. The SMILES string of the molecule is Cc1cc(S(=O)(=O)N(C)C)cc(NC(=O)c2ccccc2-c2ccccc2C#N)c1C. The second kappa shape index (κ2) is 8.72. The largest absolute Gasteiger partial charge is 0.322 e. The molecule has 0 atom stereocenters. The van der Waals surface area contributed by atoms with Gasteiger partial charge in [-0.1, -0.05) is 36.4 Å². The van der Waals surface area contributed by atoms with E-state index in [1.807, 2.05) is 13.0 Å². The quantitative estimate of drug-likeness (QED) is 0.648. The van der Waals surface area contributed by atoms with Crippen molar-refractivity contribution < 1.29 is 13.2 Å². The smallest absolute Gasteiger partial charge is 0.256 e. The van der Waals surface area contributed by atoms with Crippen molar-refractivity contribution in [2.75, 3.05) is 19.4 Å².